The molecule has 0 spiro atoms. The quantitative estimate of drug-likeness (QED) is 0.853. The van der Waals surface area contributed by atoms with Gasteiger partial charge in [-0.15, -0.1) is 0 Å². The average molecular weight is 333 g/mol. The number of hydrogen-bond acceptors (Lipinski definition) is 4. The number of carbonyl (C=O) groups is 2. The Morgan fingerprint density at radius 1 is 1.30 bits per heavy atom. The van der Waals surface area contributed by atoms with Gasteiger partial charge in [0.25, 0.3) is 0 Å². The minimum atomic E-state index is -0.354. The van der Waals surface area contributed by atoms with Gasteiger partial charge >= 0.3 is 0 Å². The molecule has 1 atom stereocenters. The van der Waals surface area contributed by atoms with Gasteiger partial charge in [-0.25, -0.2) is 4.98 Å². The molecule has 1 fully saturated rings. The number of hydrogen-bond donors (Lipinski definition) is 0. The van der Waals surface area contributed by atoms with E-state index in [-0.39, 0.29) is 23.5 Å². The van der Waals surface area contributed by atoms with Crippen LogP contribution in [-0.2, 0) is 9.59 Å². The van der Waals surface area contributed by atoms with E-state index in [2.05, 4.69) is 4.98 Å². The van der Waals surface area contributed by atoms with Crippen LogP contribution in [0, 0.1) is 0 Å². The Balaban J connectivity index is 1.73. The minimum Gasteiger partial charge on any atom is -0.343 e. The molecule has 0 aromatic carbocycles. The summed E-state index contributed by atoms with van der Waals surface area (Å²) in [6.45, 7) is 4.22. The van der Waals surface area contributed by atoms with Crippen molar-refractivity contribution in [2.45, 2.75) is 49.3 Å². The molecule has 1 aromatic rings. The van der Waals surface area contributed by atoms with E-state index < -0.39 is 0 Å². The summed E-state index contributed by atoms with van der Waals surface area (Å²) in [5, 5.41) is 0.496. The van der Waals surface area contributed by atoms with E-state index in [4.69, 9.17) is 0 Å². The number of thioether (sulfide) groups is 1. The first-order chi connectivity index (χ1) is 11.2. The molecule has 2 aliphatic rings. The van der Waals surface area contributed by atoms with Gasteiger partial charge in [-0.05, 0) is 31.9 Å². The molecule has 3 rings (SSSR count). The van der Waals surface area contributed by atoms with Crippen LogP contribution in [0.1, 0.15) is 39.0 Å². The summed E-state index contributed by atoms with van der Waals surface area (Å²) in [5.74, 6) is 0.134. The van der Waals surface area contributed by atoms with Crippen molar-refractivity contribution in [3.63, 3.8) is 0 Å². The van der Waals surface area contributed by atoms with Gasteiger partial charge < -0.3 is 9.80 Å². The predicted molar refractivity (Wildman–Crippen MR) is 91.6 cm³/mol. The van der Waals surface area contributed by atoms with Crippen molar-refractivity contribution in [3.05, 3.63) is 18.3 Å². The molecule has 2 aliphatic heterocycles. The normalized spacial score (nSPS) is 21.8. The van der Waals surface area contributed by atoms with Crippen LogP contribution in [0.5, 0.6) is 0 Å². The summed E-state index contributed by atoms with van der Waals surface area (Å²) in [7, 11) is 0. The van der Waals surface area contributed by atoms with E-state index >= 15 is 0 Å². The second-order valence-corrected chi connectivity index (χ2v) is 7.21. The Morgan fingerprint density at radius 2 is 2.04 bits per heavy atom. The molecule has 23 heavy (non-hydrogen) atoms. The first kappa shape index (κ1) is 16.3. The fourth-order valence-corrected chi connectivity index (χ4v) is 4.36. The van der Waals surface area contributed by atoms with Gasteiger partial charge in [0.05, 0.1) is 10.9 Å². The monoisotopic (exact) mass is 333 g/mol. The van der Waals surface area contributed by atoms with Crippen molar-refractivity contribution in [2.24, 2.45) is 0 Å². The van der Waals surface area contributed by atoms with E-state index in [1.807, 2.05) is 24.0 Å². The van der Waals surface area contributed by atoms with Crippen LogP contribution in [0.4, 0.5) is 5.69 Å². The van der Waals surface area contributed by atoms with Crippen molar-refractivity contribution >= 4 is 29.3 Å². The molecule has 5 nitrogen and oxygen atoms in total. The number of nitrogens with zero attached hydrogens (tertiary/aromatic N) is 3. The lowest BCUT2D eigenvalue weighted by Crippen LogP contribution is -2.44. The Hall–Kier alpha value is -1.56. The molecule has 1 saturated heterocycles. The molecule has 1 unspecified atom stereocenters. The zero-order valence-corrected chi connectivity index (χ0v) is 14.3. The third kappa shape index (κ3) is 3.52. The van der Waals surface area contributed by atoms with E-state index in [9.17, 15) is 9.59 Å². The molecular formula is C17H23N3O2S. The molecule has 0 radical (unpaired) electrons. The number of rotatable bonds is 3. The van der Waals surface area contributed by atoms with Gasteiger partial charge in [0.2, 0.25) is 11.8 Å². The summed E-state index contributed by atoms with van der Waals surface area (Å²) < 4.78 is 0. The van der Waals surface area contributed by atoms with E-state index in [0.717, 1.165) is 36.6 Å². The fourth-order valence-electron chi connectivity index (χ4n) is 3.22. The highest BCUT2D eigenvalue weighted by Gasteiger charge is 2.35. The highest BCUT2D eigenvalue weighted by atomic mass is 32.2. The smallest absolute Gasteiger partial charge is 0.241 e. The number of carbonyl (C=O) groups excluding carboxylic acids is 2. The van der Waals surface area contributed by atoms with Crippen LogP contribution < -0.4 is 4.90 Å². The lowest BCUT2D eigenvalue weighted by Gasteiger charge is -2.32. The second-order valence-electron chi connectivity index (χ2n) is 6.02. The molecule has 2 amide bonds. The van der Waals surface area contributed by atoms with Crippen molar-refractivity contribution < 1.29 is 9.59 Å². The summed E-state index contributed by atoms with van der Waals surface area (Å²) in [4.78, 5) is 33.4. The summed E-state index contributed by atoms with van der Waals surface area (Å²) >= 11 is 1.43. The van der Waals surface area contributed by atoms with Gasteiger partial charge in [0.1, 0.15) is 5.03 Å². The zero-order valence-electron chi connectivity index (χ0n) is 13.5. The summed E-state index contributed by atoms with van der Waals surface area (Å²) in [6.07, 6.45) is 6.55. The lowest BCUT2D eigenvalue weighted by atomic mass is 10.2. The fraction of sp³-hybridized carbons (Fsp3) is 0.588. The summed E-state index contributed by atoms with van der Waals surface area (Å²) in [6, 6.07) is 3.77. The molecule has 3 heterocycles. The van der Waals surface area contributed by atoms with Gasteiger partial charge in [0.15, 0.2) is 0 Å². The molecule has 124 valence electrons. The predicted octanol–water partition coefficient (Wildman–Crippen LogP) is 2.70. The SMILES string of the molecule is CCN1C(=O)C(CC(=O)N2CCCCCC2)Sc2ncccc21. The molecule has 0 aliphatic carbocycles. The van der Waals surface area contributed by atoms with Crippen molar-refractivity contribution in [2.75, 3.05) is 24.5 Å². The Kier molecular flexibility index (Phi) is 5.20. The van der Waals surface area contributed by atoms with Crippen LogP contribution in [-0.4, -0.2) is 46.6 Å². The van der Waals surface area contributed by atoms with E-state index in [1.54, 1.807) is 11.1 Å². The minimum absolute atomic E-state index is 0.0289. The third-order valence-electron chi connectivity index (χ3n) is 4.47. The molecular weight excluding hydrogens is 310 g/mol. The van der Waals surface area contributed by atoms with E-state index in [0.29, 0.717) is 6.54 Å². The van der Waals surface area contributed by atoms with Crippen LogP contribution >= 0.6 is 11.8 Å². The van der Waals surface area contributed by atoms with Crippen LogP contribution in [0.3, 0.4) is 0 Å². The van der Waals surface area contributed by atoms with Crippen LogP contribution in [0.2, 0.25) is 0 Å². The Morgan fingerprint density at radius 3 is 2.74 bits per heavy atom. The van der Waals surface area contributed by atoms with E-state index in [1.165, 1.54) is 24.6 Å². The number of anilines is 1. The standard InChI is InChI=1S/C17H23N3O2S/c1-2-20-13-8-7-9-18-16(13)23-14(17(20)22)12-15(21)19-10-5-3-4-6-11-19/h7-9,14H,2-6,10-12H2,1H3. The van der Waals surface area contributed by atoms with Crippen molar-refractivity contribution in [3.8, 4) is 0 Å². The zero-order chi connectivity index (χ0) is 16.2. The molecule has 6 heteroatoms. The van der Waals surface area contributed by atoms with Crippen molar-refractivity contribution in [1.29, 1.82) is 0 Å². The Labute approximate surface area is 141 Å². The van der Waals surface area contributed by atoms with Gasteiger partial charge in [-0.1, -0.05) is 24.6 Å². The highest BCUT2D eigenvalue weighted by molar-refractivity contribution is 8.00. The first-order valence-corrected chi connectivity index (χ1v) is 9.29. The number of amides is 2. The van der Waals surface area contributed by atoms with Crippen molar-refractivity contribution in [1.82, 2.24) is 9.88 Å². The average Bonchev–Trinajstić information content (AvgIpc) is 2.85. The second kappa shape index (κ2) is 7.34. The maximum absolute atomic E-state index is 12.7. The maximum Gasteiger partial charge on any atom is 0.241 e. The van der Waals surface area contributed by atoms with Gasteiger partial charge in [-0.2, -0.15) is 0 Å². The van der Waals surface area contributed by atoms with Crippen LogP contribution in [0.25, 0.3) is 0 Å². The number of aromatic nitrogens is 1. The summed E-state index contributed by atoms with van der Waals surface area (Å²) in [5.41, 5.74) is 0.864. The first-order valence-electron chi connectivity index (χ1n) is 8.41. The largest absolute Gasteiger partial charge is 0.343 e. The van der Waals surface area contributed by atoms with Gasteiger partial charge in [-0.3, -0.25) is 9.59 Å². The lowest BCUT2D eigenvalue weighted by molar-refractivity contribution is -0.132. The topological polar surface area (TPSA) is 53.5 Å². The maximum atomic E-state index is 12.7. The third-order valence-corrected chi connectivity index (χ3v) is 5.66. The number of pyridine rings is 1. The molecule has 0 N–H and O–H groups in total. The highest BCUT2D eigenvalue weighted by Crippen LogP contribution is 2.38. The van der Waals surface area contributed by atoms with Crippen LogP contribution in [0.15, 0.2) is 23.4 Å². The Bertz CT molecular complexity index is 585. The number of likely N-dealkylation sites (tertiary alicyclic amines) is 1. The molecule has 0 saturated carbocycles. The molecule has 0 bridgehead atoms. The number of fused-ring (bicyclic) bond motifs is 1. The van der Waals surface area contributed by atoms with Gasteiger partial charge in [0, 0.05) is 32.3 Å². The molecule has 1 aromatic heterocycles.